The molecule has 0 aromatic carbocycles. The van der Waals surface area contributed by atoms with Gasteiger partial charge in [0.2, 0.25) is 0 Å². The highest BCUT2D eigenvalue weighted by Crippen LogP contribution is 2.26. The lowest BCUT2D eigenvalue weighted by atomic mass is 9.88. The maximum Gasteiger partial charge on any atom is 0.251 e. The third-order valence-electron chi connectivity index (χ3n) is 2.93. The van der Waals surface area contributed by atoms with Crippen molar-refractivity contribution in [2.75, 3.05) is 20.1 Å². The van der Waals surface area contributed by atoms with Crippen LogP contribution >= 0.6 is 0 Å². The van der Waals surface area contributed by atoms with Crippen LogP contribution in [-0.4, -0.2) is 36.5 Å². The largest absolute Gasteiger partial charge is 0.358 e. The number of likely N-dealkylation sites (tertiary alicyclic amines) is 1. The molecule has 14 heavy (non-hydrogen) atoms. The van der Waals surface area contributed by atoms with Crippen molar-refractivity contribution < 1.29 is 4.79 Å². The van der Waals surface area contributed by atoms with Crippen molar-refractivity contribution >= 4 is 5.91 Å². The van der Waals surface area contributed by atoms with Crippen LogP contribution in [0.2, 0.25) is 0 Å². The molecule has 0 aromatic heterocycles. The third kappa shape index (κ3) is 1.62. The highest BCUT2D eigenvalue weighted by Gasteiger charge is 2.45. The standard InChI is InChI=1S/C9H15N3O.CH4/c1-7-10-8(13)9(11-7)3-5-12(2)6-4-9;/h11H,1,3-6H2,2H3,(H,10,13);1H4. The lowest BCUT2D eigenvalue weighted by Gasteiger charge is -2.35. The molecule has 2 rings (SSSR count). The number of carbonyl (C=O) groups excluding carboxylic acids is 1. The predicted octanol–water partition coefficient (Wildman–Crippen LogP) is 0.277. The van der Waals surface area contributed by atoms with Crippen molar-refractivity contribution in [2.45, 2.75) is 25.8 Å². The summed E-state index contributed by atoms with van der Waals surface area (Å²) in [5, 5.41) is 5.89. The second kappa shape index (κ2) is 3.61. The molecular weight excluding hydrogens is 178 g/mol. The van der Waals surface area contributed by atoms with E-state index in [0.717, 1.165) is 25.9 Å². The zero-order chi connectivity index (χ0) is 9.47. The fourth-order valence-electron chi connectivity index (χ4n) is 1.99. The smallest absolute Gasteiger partial charge is 0.251 e. The lowest BCUT2D eigenvalue weighted by molar-refractivity contribution is -0.125. The Bertz CT molecular complexity index is 254. The molecule has 2 fully saturated rings. The van der Waals surface area contributed by atoms with Crippen LogP contribution in [0.15, 0.2) is 12.4 Å². The minimum absolute atomic E-state index is 0. The molecule has 2 saturated heterocycles. The van der Waals surface area contributed by atoms with Crippen LogP contribution in [0.5, 0.6) is 0 Å². The van der Waals surface area contributed by atoms with Gasteiger partial charge in [-0.15, -0.1) is 0 Å². The van der Waals surface area contributed by atoms with E-state index in [2.05, 4.69) is 29.2 Å². The number of piperidine rings is 1. The van der Waals surface area contributed by atoms with Gasteiger partial charge in [-0.25, -0.2) is 0 Å². The first-order chi connectivity index (χ1) is 6.12. The van der Waals surface area contributed by atoms with E-state index in [-0.39, 0.29) is 18.9 Å². The predicted molar refractivity (Wildman–Crippen MR) is 56.6 cm³/mol. The van der Waals surface area contributed by atoms with E-state index in [1.54, 1.807) is 0 Å². The number of rotatable bonds is 0. The van der Waals surface area contributed by atoms with Crippen LogP contribution < -0.4 is 10.6 Å². The van der Waals surface area contributed by atoms with Gasteiger partial charge in [0.15, 0.2) is 0 Å². The molecule has 0 aliphatic carbocycles. The van der Waals surface area contributed by atoms with Crippen LogP contribution in [0.1, 0.15) is 20.3 Å². The first-order valence-electron chi connectivity index (χ1n) is 4.59. The zero-order valence-corrected chi connectivity index (χ0v) is 7.89. The van der Waals surface area contributed by atoms with Crippen molar-refractivity contribution in [1.82, 2.24) is 15.5 Å². The molecule has 0 radical (unpaired) electrons. The summed E-state index contributed by atoms with van der Waals surface area (Å²) in [5.41, 5.74) is -0.358. The van der Waals surface area contributed by atoms with E-state index < -0.39 is 0 Å². The summed E-state index contributed by atoms with van der Waals surface area (Å²) >= 11 is 0. The first-order valence-corrected chi connectivity index (χ1v) is 4.59. The molecule has 4 nitrogen and oxygen atoms in total. The zero-order valence-electron chi connectivity index (χ0n) is 7.89. The molecule has 0 aromatic rings. The summed E-state index contributed by atoms with van der Waals surface area (Å²) in [6.45, 7) is 5.65. The Labute approximate surface area is 85.3 Å². The maximum atomic E-state index is 11.6. The maximum absolute atomic E-state index is 11.6. The second-order valence-electron chi connectivity index (χ2n) is 3.94. The van der Waals surface area contributed by atoms with Gasteiger partial charge in [0.1, 0.15) is 5.54 Å². The Morgan fingerprint density at radius 3 is 2.43 bits per heavy atom. The molecule has 0 saturated carbocycles. The van der Waals surface area contributed by atoms with Gasteiger partial charge >= 0.3 is 0 Å². The molecule has 4 heteroatoms. The summed E-state index contributed by atoms with van der Waals surface area (Å²) < 4.78 is 0. The minimum atomic E-state index is -0.358. The summed E-state index contributed by atoms with van der Waals surface area (Å²) in [6, 6.07) is 0. The molecule has 80 valence electrons. The lowest BCUT2D eigenvalue weighted by Crippen LogP contribution is -2.53. The van der Waals surface area contributed by atoms with Crippen molar-refractivity contribution in [1.29, 1.82) is 0 Å². The number of nitrogens with zero attached hydrogens (tertiary/aromatic N) is 1. The molecule has 1 spiro atoms. The Balaban J connectivity index is 0.000000980. The van der Waals surface area contributed by atoms with E-state index in [1.807, 2.05) is 0 Å². The number of hydrogen-bond acceptors (Lipinski definition) is 3. The molecule has 0 atom stereocenters. The van der Waals surface area contributed by atoms with Crippen molar-refractivity contribution in [3.8, 4) is 0 Å². The van der Waals surface area contributed by atoms with Gasteiger partial charge in [0, 0.05) is 13.1 Å². The quantitative estimate of drug-likeness (QED) is 0.586. The van der Waals surface area contributed by atoms with E-state index >= 15 is 0 Å². The molecule has 2 aliphatic heterocycles. The van der Waals surface area contributed by atoms with E-state index in [0.29, 0.717) is 5.82 Å². The van der Waals surface area contributed by atoms with Crippen molar-refractivity contribution in [3.05, 3.63) is 12.4 Å². The topological polar surface area (TPSA) is 44.4 Å². The Kier molecular flexibility index (Phi) is 2.85. The third-order valence-corrected chi connectivity index (χ3v) is 2.93. The number of amides is 1. The summed E-state index contributed by atoms with van der Waals surface area (Å²) in [7, 11) is 2.08. The number of hydrogen-bond donors (Lipinski definition) is 2. The summed E-state index contributed by atoms with van der Waals surface area (Å²) in [6.07, 6.45) is 1.74. The molecule has 2 aliphatic rings. The minimum Gasteiger partial charge on any atom is -0.358 e. The van der Waals surface area contributed by atoms with Gasteiger partial charge in [-0.1, -0.05) is 14.0 Å². The average Bonchev–Trinajstić information content (AvgIpc) is 2.34. The summed E-state index contributed by atoms with van der Waals surface area (Å²) in [4.78, 5) is 13.9. The van der Waals surface area contributed by atoms with Crippen LogP contribution in [0.25, 0.3) is 0 Å². The van der Waals surface area contributed by atoms with Gasteiger partial charge in [-0.05, 0) is 19.9 Å². The van der Waals surface area contributed by atoms with Gasteiger partial charge < -0.3 is 15.5 Å². The number of nitrogens with one attached hydrogen (secondary N) is 2. The molecule has 0 bridgehead atoms. The van der Waals surface area contributed by atoms with Gasteiger partial charge in [-0.3, -0.25) is 4.79 Å². The van der Waals surface area contributed by atoms with Crippen LogP contribution in [0.3, 0.4) is 0 Å². The normalized spacial score (nSPS) is 25.5. The Morgan fingerprint density at radius 2 is 2.00 bits per heavy atom. The van der Waals surface area contributed by atoms with Crippen molar-refractivity contribution in [2.24, 2.45) is 0 Å². The van der Waals surface area contributed by atoms with Gasteiger partial charge in [-0.2, -0.15) is 0 Å². The fourth-order valence-corrected chi connectivity index (χ4v) is 1.99. The molecule has 1 amide bonds. The highest BCUT2D eigenvalue weighted by atomic mass is 16.2. The highest BCUT2D eigenvalue weighted by molar-refractivity contribution is 5.90. The van der Waals surface area contributed by atoms with Gasteiger partial charge in [0.05, 0.1) is 5.82 Å². The van der Waals surface area contributed by atoms with E-state index in [4.69, 9.17) is 0 Å². The molecular formula is C10H19N3O. The van der Waals surface area contributed by atoms with Crippen molar-refractivity contribution in [3.63, 3.8) is 0 Å². The van der Waals surface area contributed by atoms with Gasteiger partial charge in [0.25, 0.3) is 5.91 Å². The second-order valence-corrected chi connectivity index (χ2v) is 3.94. The molecule has 0 unspecified atom stereocenters. The van der Waals surface area contributed by atoms with Crippen LogP contribution in [-0.2, 0) is 4.79 Å². The monoisotopic (exact) mass is 197 g/mol. The summed E-state index contributed by atoms with van der Waals surface area (Å²) in [5.74, 6) is 0.736. The van der Waals surface area contributed by atoms with E-state index in [1.165, 1.54) is 0 Å². The SMILES string of the molecule is C.C=C1NC(=O)C2(CCN(C)CC2)N1. The average molecular weight is 197 g/mol. The Hall–Kier alpha value is -1.03. The van der Waals surface area contributed by atoms with Crippen LogP contribution in [0.4, 0.5) is 0 Å². The fraction of sp³-hybridized carbons (Fsp3) is 0.700. The first kappa shape index (κ1) is 11.0. The number of carbonyl (C=O) groups is 1. The molecule has 2 N–H and O–H groups in total. The Morgan fingerprint density at radius 1 is 1.43 bits per heavy atom. The van der Waals surface area contributed by atoms with Crippen LogP contribution in [0, 0.1) is 0 Å². The molecule has 2 heterocycles. The van der Waals surface area contributed by atoms with E-state index in [9.17, 15) is 4.79 Å².